The number of benzene rings is 3. The Kier molecular flexibility index (Phi) is 3.58. The number of imide groups is 1. The fraction of sp³-hybridized carbons (Fsp3) is 0. The van der Waals surface area contributed by atoms with Crippen LogP contribution in [0.15, 0.2) is 66.7 Å². The van der Waals surface area contributed by atoms with E-state index in [1.54, 1.807) is 48.5 Å². The summed E-state index contributed by atoms with van der Waals surface area (Å²) in [7, 11) is 0. The van der Waals surface area contributed by atoms with Crippen molar-refractivity contribution < 1.29 is 19.4 Å². The molecule has 0 bridgehead atoms. The van der Waals surface area contributed by atoms with Gasteiger partial charge in [-0.05, 0) is 54.6 Å². The van der Waals surface area contributed by atoms with Gasteiger partial charge in [-0.15, -0.1) is 0 Å². The summed E-state index contributed by atoms with van der Waals surface area (Å²) >= 11 is 0. The van der Waals surface area contributed by atoms with Crippen molar-refractivity contribution in [1.29, 1.82) is 0 Å². The molecule has 3 aromatic carbocycles. The maximum Gasteiger partial charge on any atom is 0.266 e. The third-order valence-electron chi connectivity index (χ3n) is 4.06. The molecule has 0 saturated heterocycles. The highest BCUT2D eigenvalue weighted by molar-refractivity contribution is 6.34. The van der Waals surface area contributed by atoms with Crippen molar-refractivity contribution in [3.8, 4) is 17.2 Å². The molecule has 1 heterocycles. The second-order valence-corrected chi connectivity index (χ2v) is 5.84. The minimum absolute atomic E-state index is 0.0218. The first-order valence-electron chi connectivity index (χ1n) is 7.88. The number of nitrogens with zero attached hydrogens (tertiary/aromatic N) is 1. The molecule has 0 unspecified atom stereocenters. The van der Waals surface area contributed by atoms with Crippen LogP contribution in [0.2, 0.25) is 0 Å². The van der Waals surface area contributed by atoms with Crippen LogP contribution in [0.1, 0.15) is 20.7 Å². The Morgan fingerprint density at radius 2 is 1.50 bits per heavy atom. The van der Waals surface area contributed by atoms with E-state index in [9.17, 15) is 14.7 Å². The number of aromatic hydroxyl groups is 1. The van der Waals surface area contributed by atoms with Gasteiger partial charge >= 0.3 is 0 Å². The van der Waals surface area contributed by atoms with E-state index in [2.05, 4.69) is 0 Å². The first-order chi connectivity index (χ1) is 12.5. The number of fused-ring (bicyclic) bond motifs is 1. The number of hydrogen-bond donors (Lipinski definition) is 2. The Labute approximate surface area is 149 Å². The smallest absolute Gasteiger partial charge is 0.266 e. The van der Waals surface area contributed by atoms with E-state index >= 15 is 0 Å². The Bertz CT molecular complexity index is 1030. The normalized spacial score (nSPS) is 13.0. The third kappa shape index (κ3) is 2.63. The van der Waals surface area contributed by atoms with Crippen LogP contribution >= 0.6 is 0 Å². The number of anilines is 2. The first kappa shape index (κ1) is 15.7. The molecule has 0 atom stereocenters. The maximum absolute atomic E-state index is 12.7. The van der Waals surface area contributed by atoms with E-state index in [0.29, 0.717) is 28.4 Å². The number of amides is 2. The summed E-state index contributed by atoms with van der Waals surface area (Å²) in [6, 6.07) is 17.6. The van der Waals surface area contributed by atoms with Gasteiger partial charge in [0.25, 0.3) is 11.8 Å². The van der Waals surface area contributed by atoms with Crippen molar-refractivity contribution in [2.24, 2.45) is 0 Å². The number of hydrogen-bond acceptors (Lipinski definition) is 5. The highest BCUT2D eigenvalue weighted by Gasteiger charge is 2.37. The molecule has 1 aliphatic heterocycles. The van der Waals surface area contributed by atoms with Gasteiger partial charge in [-0.2, -0.15) is 0 Å². The second-order valence-electron chi connectivity index (χ2n) is 5.84. The van der Waals surface area contributed by atoms with Crippen LogP contribution in [-0.4, -0.2) is 16.9 Å². The zero-order valence-electron chi connectivity index (χ0n) is 13.5. The van der Waals surface area contributed by atoms with E-state index in [4.69, 9.17) is 10.5 Å². The number of nitrogen functional groups attached to an aromatic ring is 1. The lowest BCUT2D eigenvalue weighted by Crippen LogP contribution is -2.29. The zero-order valence-corrected chi connectivity index (χ0v) is 13.5. The molecule has 26 heavy (non-hydrogen) atoms. The summed E-state index contributed by atoms with van der Waals surface area (Å²) in [6.07, 6.45) is 0. The number of carbonyl (C=O) groups is 2. The quantitative estimate of drug-likeness (QED) is 0.559. The molecular weight excluding hydrogens is 332 g/mol. The van der Waals surface area contributed by atoms with Crippen LogP contribution in [0.5, 0.6) is 17.2 Å². The summed E-state index contributed by atoms with van der Waals surface area (Å²) in [4.78, 5) is 26.4. The Morgan fingerprint density at radius 3 is 2.23 bits per heavy atom. The van der Waals surface area contributed by atoms with E-state index in [0.717, 1.165) is 4.90 Å². The molecule has 6 nitrogen and oxygen atoms in total. The molecule has 3 aromatic rings. The van der Waals surface area contributed by atoms with Crippen LogP contribution in [0.3, 0.4) is 0 Å². The van der Waals surface area contributed by atoms with Crippen LogP contribution in [0, 0.1) is 0 Å². The Hall–Kier alpha value is -3.80. The molecular formula is C20H14N2O4. The average molecular weight is 346 g/mol. The molecule has 0 aromatic heterocycles. The summed E-state index contributed by atoms with van der Waals surface area (Å²) in [5.41, 5.74) is 7.13. The van der Waals surface area contributed by atoms with Crippen LogP contribution in [-0.2, 0) is 0 Å². The Balaban J connectivity index is 1.67. The highest BCUT2D eigenvalue weighted by Crippen LogP contribution is 2.33. The van der Waals surface area contributed by atoms with Gasteiger partial charge in [0.15, 0.2) is 0 Å². The van der Waals surface area contributed by atoms with Crippen molar-refractivity contribution in [1.82, 2.24) is 0 Å². The fourth-order valence-corrected chi connectivity index (χ4v) is 2.82. The predicted molar refractivity (Wildman–Crippen MR) is 96.6 cm³/mol. The number of ether oxygens (including phenoxy) is 1. The van der Waals surface area contributed by atoms with Gasteiger partial charge in [-0.25, -0.2) is 4.90 Å². The molecule has 128 valence electrons. The van der Waals surface area contributed by atoms with Gasteiger partial charge in [0.1, 0.15) is 17.2 Å². The van der Waals surface area contributed by atoms with E-state index < -0.39 is 11.8 Å². The topological polar surface area (TPSA) is 92.9 Å². The molecule has 6 heteroatoms. The second kappa shape index (κ2) is 5.93. The monoisotopic (exact) mass is 346 g/mol. The van der Waals surface area contributed by atoms with Crippen molar-refractivity contribution in [3.05, 3.63) is 77.9 Å². The highest BCUT2D eigenvalue weighted by atomic mass is 16.5. The molecule has 0 fully saturated rings. The minimum Gasteiger partial charge on any atom is -0.508 e. The van der Waals surface area contributed by atoms with Crippen LogP contribution < -0.4 is 15.4 Å². The lowest BCUT2D eigenvalue weighted by Gasteiger charge is -2.13. The SMILES string of the molecule is Nc1ccc(Oc2ccc3c(c2)C(=O)N(c2cccc(O)c2)C3=O)cc1. The maximum atomic E-state index is 12.7. The third-order valence-corrected chi connectivity index (χ3v) is 4.06. The fourth-order valence-electron chi connectivity index (χ4n) is 2.82. The number of phenols is 1. The average Bonchev–Trinajstić information content (AvgIpc) is 2.87. The molecule has 0 spiro atoms. The lowest BCUT2D eigenvalue weighted by molar-refractivity contribution is 0.0926. The van der Waals surface area contributed by atoms with Crippen molar-refractivity contribution in [2.45, 2.75) is 0 Å². The molecule has 2 amide bonds. The molecule has 4 rings (SSSR count). The van der Waals surface area contributed by atoms with E-state index in [1.165, 1.54) is 18.2 Å². The number of rotatable bonds is 3. The van der Waals surface area contributed by atoms with Gasteiger partial charge in [0, 0.05) is 11.8 Å². The predicted octanol–water partition coefficient (Wildman–Crippen LogP) is 3.57. The molecule has 3 N–H and O–H groups in total. The van der Waals surface area contributed by atoms with Crippen LogP contribution in [0.25, 0.3) is 0 Å². The van der Waals surface area contributed by atoms with Gasteiger partial charge in [0.05, 0.1) is 16.8 Å². The van der Waals surface area contributed by atoms with Gasteiger partial charge < -0.3 is 15.6 Å². The number of phenolic OH excluding ortho intramolecular Hbond substituents is 1. The number of carbonyl (C=O) groups excluding carboxylic acids is 2. The lowest BCUT2D eigenvalue weighted by atomic mass is 10.1. The Morgan fingerprint density at radius 1 is 0.808 bits per heavy atom. The van der Waals surface area contributed by atoms with Crippen LogP contribution in [0.4, 0.5) is 11.4 Å². The summed E-state index contributed by atoms with van der Waals surface area (Å²) in [5, 5.41) is 9.61. The summed E-state index contributed by atoms with van der Waals surface area (Å²) in [5.74, 6) is 0.0904. The summed E-state index contributed by atoms with van der Waals surface area (Å²) in [6.45, 7) is 0. The van der Waals surface area contributed by atoms with Crippen molar-refractivity contribution >= 4 is 23.2 Å². The number of nitrogens with two attached hydrogens (primary N) is 1. The molecule has 0 saturated carbocycles. The van der Waals surface area contributed by atoms with Gasteiger partial charge in [0.2, 0.25) is 0 Å². The van der Waals surface area contributed by atoms with E-state index in [1.807, 2.05) is 0 Å². The standard InChI is InChI=1S/C20H14N2O4/c21-12-4-6-15(7-5-12)26-16-8-9-17-18(11-16)20(25)22(19(17)24)13-2-1-3-14(23)10-13/h1-11,23H,21H2. The molecule has 0 aliphatic carbocycles. The van der Waals surface area contributed by atoms with Gasteiger partial charge in [-0.1, -0.05) is 6.07 Å². The minimum atomic E-state index is -0.460. The van der Waals surface area contributed by atoms with Crippen molar-refractivity contribution in [3.63, 3.8) is 0 Å². The first-order valence-corrected chi connectivity index (χ1v) is 7.88. The molecule has 1 aliphatic rings. The van der Waals surface area contributed by atoms with Gasteiger partial charge in [-0.3, -0.25) is 9.59 Å². The van der Waals surface area contributed by atoms with E-state index in [-0.39, 0.29) is 11.3 Å². The zero-order chi connectivity index (χ0) is 18.3. The largest absolute Gasteiger partial charge is 0.508 e. The summed E-state index contributed by atoms with van der Waals surface area (Å²) < 4.78 is 5.72. The van der Waals surface area contributed by atoms with Crippen molar-refractivity contribution in [2.75, 3.05) is 10.6 Å². The molecule has 0 radical (unpaired) electrons.